The summed E-state index contributed by atoms with van der Waals surface area (Å²) in [5.74, 6) is -1.13. The summed E-state index contributed by atoms with van der Waals surface area (Å²) in [7, 11) is 0. The number of carboxylic acids is 1. The molecule has 1 aromatic rings. The van der Waals surface area contributed by atoms with Gasteiger partial charge in [-0.05, 0) is 23.9 Å². The smallest absolute Gasteiger partial charge is 0.332 e. The first-order valence-electron chi connectivity index (χ1n) is 4.70. The monoisotopic (exact) mass is 262 g/mol. The first-order valence-corrected chi connectivity index (χ1v) is 5.58. The van der Waals surface area contributed by atoms with Gasteiger partial charge in [-0.1, -0.05) is 24.3 Å². The second kappa shape index (κ2) is 5.44. The van der Waals surface area contributed by atoms with Crippen LogP contribution in [0.25, 0.3) is 0 Å². The summed E-state index contributed by atoms with van der Waals surface area (Å²) in [6.45, 7) is 0. The van der Waals surface area contributed by atoms with E-state index in [2.05, 4.69) is 0 Å². The Labute approximate surface area is 101 Å². The van der Waals surface area contributed by atoms with Crippen molar-refractivity contribution < 1.29 is 18.7 Å². The number of rotatable bonds is 5. The molecule has 0 spiro atoms. The van der Waals surface area contributed by atoms with Gasteiger partial charge < -0.3 is 10.8 Å². The molecular weight excluding hydrogens is 250 g/mol. The average Bonchev–Trinajstić information content (AvgIpc) is 2.29. The number of alkyl halides is 2. The van der Waals surface area contributed by atoms with Gasteiger partial charge in [0.1, 0.15) is 6.04 Å². The molecule has 0 aromatic heterocycles. The Hall–Kier alpha value is -1.18. The lowest BCUT2D eigenvalue weighted by molar-refractivity contribution is -0.138. The molecule has 17 heavy (non-hydrogen) atoms. The van der Waals surface area contributed by atoms with Gasteiger partial charge in [-0.2, -0.15) is 8.78 Å². The van der Waals surface area contributed by atoms with E-state index in [0.29, 0.717) is 5.56 Å². The lowest BCUT2D eigenvalue weighted by atomic mass is 10.0. The van der Waals surface area contributed by atoms with E-state index < -0.39 is 17.3 Å². The van der Waals surface area contributed by atoms with E-state index in [1.165, 1.54) is 24.3 Å². The summed E-state index contributed by atoms with van der Waals surface area (Å²) in [6.07, 6.45) is 0.0942. The van der Waals surface area contributed by atoms with Gasteiger partial charge in [-0.25, -0.2) is 0 Å². The number of hydrogen-bond acceptors (Lipinski definition) is 4. The van der Waals surface area contributed by atoms with Crippen molar-refractivity contribution in [1.29, 1.82) is 0 Å². The largest absolute Gasteiger partial charge is 0.480 e. The minimum atomic E-state index is -3.15. The highest BCUT2D eigenvalue weighted by molar-refractivity contribution is 7.97. The third-order valence-corrected chi connectivity index (χ3v) is 2.74. The average molecular weight is 262 g/mol. The first kappa shape index (κ1) is 13.9. The fourth-order valence-electron chi connectivity index (χ4n) is 1.24. The minimum Gasteiger partial charge on any atom is -0.480 e. The molecule has 1 unspecified atom stereocenters. The van der Waals surface area contributed by atoms with Crippen molar-refractivity contribution in [2.45, 2.75) is 17.7 Å². The molecule has 1 rings (SSSR count). The predicted molar refractivity (Wildman–Crippen MR) is 61.4 cm³/mol. The van der Waals surface area contributed by atoms with Gasteiger partial charge in [0, 0.05) is 5.56 Å². The van der Waals surface area contributed by atoms with E-state index in [4.69, 9.17) is 16.0 Å². The lowest BCUT2D eigenvalue weighted by Gasteiger charge is -2.13. The molecule has 0 aliphatic rings. The lowest BCUT2D eigenvalue weighted by Crippen LogP contribution is -2.32. The number of hydrogen-bond donors (Lipinski definition) is 3. The van der Waals surface area contributed by atoms with Crippen molar-refractivity contribution in [1.82, 2.24) is 0 Å². The summed E-state index contributed by atoms with van der Waals surface area (Å²) < 4.78 is 26.3. The van der Waals surface area contributed by atoms with E-state index in [9.17, 15) is 13.6 Å². The van der Waals surface area contributed by atoms with Crippen LogP contribution in [0.1, 0.15) is 11.1 Å². The van der Waals surface area contributed by atoms with Crippen LogP contribution in [-0.4, -0.2) is 17.1 Å². The van der Waals surface area contributed by atoms with Crippen molar-refractivity contribution in [2.75, 3.05) is 0 Å². The molecule has 5 N–H and O–H groups in total. The van der Waals surface area contributed by atoms with Crippen LogP contribution in [0.3, 0.4) is 0 Å². The molecule has 0 amide bonds. The van der Waals surface area contributed by atoms with Crippen molar-refractivity contribution in [2.24, 2.45) is 10.9 Å². The summed E-state index contributed by atoms with van der Waals surface area (Å²) in [5.41, 5.74) is 5.69. The highest BCUT2D eigenvalue weighted by Crippen LogP contribution is 2.36. The van der Waals surface area contributed by atoms with Gasteiger partial charge in [0.2, 0.25) is 0 Å². The van der Waals surface area contributed by atoms with Gasteiger partial charge in [0.25, 0.3) is 0 Å². The molecule has 0 aliphatic heterocycles. The molecule has 0 aliphatic carbocycles. The molecule has 1 atom stereocenters. The summed E-state index contributed by atoms with van der Waals surface area (Å²) in [6, 6.07) is 4.23. The van der Waals surface area contributed by atoms with E-state index in [0.717, 1.165) is 0 Å². The summed E-state index contributed by atoms with van der Waals surface area (Å²) in [4.78, 5) is 10.5. The second-order valence-corrected chi connectivity index (χ2v) is 4.23. The molecule has 0 fully saturated rings. The van der Waals surface area contributed by atoms with Crippen LogP contribution in [0, 0.1) is 0 Å². The number of carbonyl (C=O) groups is 1. The quantitative estimate of drug-likeness (QED) is 0.696. The highest BCUT2D eigenvalue weighted by Gasteiger charge is 2.30. The molecule has 4 nitrogen and oxygen atoms in total. The third kappa shape index (κ3) is 3.65. The molecule has 1 aromatic carbocycles. The minimum absolute atomic E-state index is 0.0473. The summed E-state index contributed by atoms with van der Waals surface area (Å²) in [5, 5.41) is 10.3. The Morgan fingerprint density at radius 1 is 1.41 bits per heavy atom. The number of halogens is 2. The second-order valence-electron chi connectivity index (χ2n) is 3.48. The highest BCUT2D eigenvalue weighted by atomic mass is 32.2. The van der Waals surface area contributed by atoms with Gasteiger partial charge in [-0.15, -0.1) is 0 Å². The number of nitrogens with two attached hydrogens (primary N) is 2. The van der Waals surface area contributed by atoms with Crippen LogP contribution in [0.4, 0.5) is 8.78 Å². The first-order chi connectivity index (χ1) is 7.86. The van der Waals surface area contributed by atoms with Crippen LogP contribution < -0.4 is 10.9 Å². The van der Waals surface area contributed by atoms with Gasteiger partial charge in [0.05, 0.1) is 0 Å². The standard InChI is InChI=1S/C10H12F2N2O2S/c11-10(12,17-14)7-3-1-6(2-4-7)5-8(13)9(15)16/h1-4,8H,5,13-14H2,(H,15,16). The molecule has 0 saturated carbocycles. The normalized spacial score (nSPS) is 13.4. The number of aliphatic carboxylic acids is 1. The van der Waals surface area contributed by atoms with Crippen molar-refractivity contribution >= 4 is 17.9 Å². The molecule has 7 heteroatoms. The molecule has 0 bridgehead atoms. The zero-order valence-electron chi connectivity index (χ0n) is 8.77. The van der Waals surface area contributed by atoms with E-state index in [1.54, 1.807) is 0 Å². The zero-order chi connectivity index (χ0) is 13.1. The predicted octanol–water partition coefficient (Wildman–Crippen LogP) is 1.30. The molecular formula is C10H12F2N2O2S. The van der Waals surface area contributed by atoms with Crippen molar-refractivity contribution in [3.8, 4) is 0 Å². The maximum atomic E-state index is 13.1. The Kier molecular flexibility index (Phi) is 4.44. The molecule has 0 heterocycles. The van der Waals surface area contributed by atoms with Crippen LogP contribution >= 0.6 is 11.9 Å². The number of carboxylic acid groups (broad SMARTS) is 1. The van der Waals surface area contributed by atoms with Crippen LogP contribution in [0.15, 0.2) is 24.3 Å². The van der Waals surface area contributed by atoms with Gasteiger partial charge in [0.15, 0.2) is 0 Å². The fraction of sp³-hybridized carbons (Fsp3) is 0.300. The van der Waals surface area contributed by atoms with Crippen molar-refractivity contribution in [3.63, 3.8) is 0 Å². The van der Waals surface area contributed by atoms with Crippen LogP contribution in [0.5, 0.6) is 0 Å². The SMILES string of the molecule is NSC(F)(F)c1ccc(CC(N)C(=O)O)cc1. The maximum absolute atomic E-state index is 13.1. The van der Waals surface area contributed by atoms with E-state index >= 15 is 0 Å². The molecule has 0 saturated heterocycles. The Bertz CT molecular complexity index is 398. The Morgan fingerprint density at radius 2 is 1.94 bits per heavy atom. The van der Waals surface area contributed by atoms with Crippen LogP contribution in [-0.2, 0) is 16.5 Å². The van der Waals surface area contributed by atoms with Crippen LogP contribution in [0.2, 0.25) is 0 Å². The zero-order valence-corrected chi connectivity index (χ0v) is 9.58. The number of benzene rings is 1. The Balaban J connectivity index is 2.78. The summed E-state index contributed by atoms with van der Waals surface area (Å²) >= 11 is -0.0473. The van der Waals surface area contributed by atoms with E-state index in [-0.39, 0.29) is 23.9 Å². The molecule has 0 radical (unpaired) electrons. The van der Waals surface area contributed by atoms with Gasteiger partial charge in [-0.3, -0.25) is 9.93 Å². The Morgan fingerprint density at radius 3 is 2.35 bits per heavy atom. The molecule has 94 valence electrons. The fourth-order valence-corrected chi connectivity index (χ4v) is 1.52. The van der Waals surface area contributed by atoms with Gasteiger partial charge >= 0.3 is 11.2 Å². The topological polar surface area (TPSA) is 89.3 Å². The van der Waals surface area contributed by atoms with E-state index in [1.807, 2.05) is 0 Å². The third-order valence-electron chi connectivity index (χ3n) is 2.21. The van der Waals surface area contributed by atoms with Crippen molar-refractivity contribution in [3.05, 3.63) is 35.4 Å². The maximum Gasteiger partial charge on any atom is 0.332 e.